The molecule has 0 bridgehead atoms. The van der Waals surface area contributed by atoms with Crippen molar-refractivity contribution in [2.24, 2.45) is 0 Å². The van der Waals surface area contributed by atoms with Crippen LogP contribution in [-0.2, 0) is 0 Å². The zero-order chi connectivity index (χ0) is 4.28. The quantitative estimate of drug-likeness (QED) is 0.471. The van der Waals surface area contributed by atoms with E-state index in [1.165, 1.54) is 4.91 Å². The Kier molecular flexibility index (Phi) is 2.38. The van der Waals surface area contributed by atoms with Gasteiger partial charge in [0.15, 0.2) is 0 Å². The summed E-state index contributed by atoms with van der Waals surface area (Å²) in [6.07, 6.45) is 2.02. The van der Waals surface area contributed by atoms with E-state index in [1.54, 1.807) is 11.8 Å². The van der Waals surface area contributed by atoms with Gasteiger partial charge in [-0.25, -0.2) is 0 Å². The molecule has 0 amide bonds. The van der Waals surface area contributed by atoms with E-state index in [9.17, 15) is 0 Å². The van der Waals surface area contributed by atoms with Crippen LogP contribution in [0.5, 0.6) is 0 Å². The van der Waals surface area contributed by atoms with Gasteiger partial charge in [-0.2, -0.15) is 0 Å². The van der Waals surface area contributed by atoms with E-state index >= 15 is 0 Å². The smallest absolute Gasteiger partial charge is 0.0140 e. The lowest BCUT2D eigenvalue weighted by atomic mass is 10.8. The first-order chi connectivity index (χ1) is 2.27. The topological polar surface area (TPSA) is 0 Å². The molecule has 0 radical (unpaired) electrons. The third-order valence-corrected chi connectivity index (χ3v) is 1.05. The predicted octanol–water partition coefficient (Wildman–Crippen LogP) is 1.88. The third-order valence-electron chi connectivity index (χ3n) is 0.348. The molecule has 0 aliphatic carbocycles. The standard InChI is InChI=1S/C4H8S/c1-4(2)5-3/h1H2,2-3H3. The van der Waals surface area contributed by atoms with Gasteiger partial charge >= 0.3 is 0 Å². The van der Waals surface area contributed by atoms with Crippen molar-refractivity contribution < 1.29 is 0 Å². The molecule has 0 atom stereocenters. The lowest BCUT2D eigenvalue weighted by Crippen LogP contribution is -1.49. The molecule has 0 aliphatic rings. The largest absolute Gasteiger partial charge is 0.135 e. The maximum atomic E-state index is 3.64. The van der Waals surface area contributed by atoms with Gasteiger partial charge in [0.2, 0.25) is 0 Å². The Hall–Kier alpha value is 0.0900. The minimum Gasteiger partial charge on any atom is -0.135 e. The lowest BCUT2D eigenvalue weighted by molar-refractivity contribution is 1.73. The van der Waals surface area contributed by atoms with Gasteiger partial charge in [0.1, 0.15) is 0 Å². The van der Waals surface area contributed by atoms with Crippen molar-refractivity contribution in [1.82, 2.24) is 0 Å². The summed E-state index contributed by atoms with van der Waals surface area (Å²) >= 11 is 1.69. The number of hydrogen-bond donors (Lipinski definition) is 0. The average molecular weight is 88.2 g/mol. The molecule has 30 valence electrons. The summed E-state index contributed by atoms with van der Waals surface area (Å²) in [5.74, 6) is 0. The summed E-state index contributed by atoms with van der Waals surface area (Å²) in [4.78, 5) is 1.17. The van der Waals surface area contributed by atoms with Crippen LogP contribution in [0, 0.1) is 0 Å². The van der Waals surface area contributed by atoms with Crippen molar-refractivity contribution >= 4 is 11.8 Å². The molecule has 0 saturated heterocycles. The summed E-state index contributed by atoms with van der Waals surface area (Å²) in [7, 11) is 0. The molecule has 0 aliphatic heterocycles. The minimum absolute atomic E-state index is 1.17. The highest BCUT2D eigenvalue weighted by atomic mass is 32.2. The van der Waals surface area contributed by atoms with Gasteiger partial charge in [-0.1, -0.05) is 6.58 Å². The normalized spacial score (nSPS) is 7.60. The second-order valence-electron chi connectivity index (χ2n) is 0.906. The van der Waals surface area contributed by atoms with Crippen molar-refractivity contribution in [1.29, 1.82) is 0 Å². The fraction of sp³-hybridized carbons (Fsp3) is 0.500. The highest BCUT2D eigenvalue weighted by Crippen LogP contribution is 2.03. The van der Waals surface area contributed by atoms with E-state index in [0.717, 1.165) is 0 Å². The molecular weight excluding hydrogens is 80.1 g/mol. The van der Waals surface area contributed by atoms with Crippen molar-refractivity contribution in [2.75, 3.05) is 6.26 Å². The predicted molar refractivity (Wildman–Crippen MR) is 28.3 cm³/mol. The van der Waals surface area contributed by atoms with Crippen molar-refractivity contribution in [3.8, 4) is 0 Å². The zero-order valence-corrected chi connectivity index (χ0v) is 4.43. The first-order valence-electron chi connectivity index (χ1n) is 1.47. The van der Waals surface area contributed by atoms with Crippen molar-refractivity contribution in [3.63, 3.8) is 0 Å². The van der Waals surface area contributed by atoms with Crippen LogP contribution in [0.4, 0.5) is 0 Å². The fourth-order valence-corrected chi connectivity index (χ4v) is 0. The van der Waals surface area contributed by atoms with Crippen molar-refractivity contribution in [2.45, 2.75) is 6.92 Å². The average Bonchev–Trinajstić information content (AvgIpc) is 1.38. The van der Waals surface area contributed by atoms with E-state index < -0.39 is 0 Å². The fourth-order valence-electron chi connectivity index (χ4n) is 0. The van der Waals surface area contributed by atoms with Gasteiger partial charge < -0.3 is 0 Å². The lowest BCUT2D eigenvalue weighted by Gasteiger charge is -1.79. The summed E-state index contributed by atoms with van der Waals surface area (Å²) in [6, 6.07) is 0. The van der Waals surface area contributed by atoms with Gasteiger partial charge in [-0.05, 0) is 18.1 Å². The highest BCUT2D eigenvalue weighted by Gasteiger charge is 1.67. The Morgan fingerprint density at radius 1 is 1.80 bits per heavy atom. The molecule has 0 aromatic carbocycles. The Morgan fingerprint density at radius 2 is 2.00 bits per heavy atom. The van der Waals surface area contributed by atoms with Gasteiger partial charge in [0, 0.05) is 0 Å². The van der Waals surface area contributed by atoms with Gasteiger partial charge in [-0.15, -0.1) is 11.8 Å². The molecule has 5 heavy (non-hydrogen) atoms. The zero-order valence-electron chi connectivity index (χ0n) is 3.62. The maximum absolute atomic E-state index is 3.64. The molecule has 0 N–H and O–H groups in total. The highest BCUT2D eigenvalue weighted by molar-refractivity contribution is 8.02. The van der Waals surface area contributed by atoms with E-state index in [1.807, 2.05) is 13.2 Å². The Bertz CT molecular complexity index is 38.9. The molecular formula is C4H8S. The first-order valence-corrected chi connectivity index (χ1v) is 2.69. The second-order valence-corrected chi connectivity index (χ2v) is 2.01. The second kappa shape index (κ2) is 2.33. The van der Waals surface area contributed by atoms with Crippen LogP contribution in [0.1, 0.15) is 6.92 Å². The molecule has 0 aromatic rings. The summed E-state index contributed by atoms with van der Waals surface area (Å²) in [6.45, 7) is 5.63. The third kappa shape index (κ3) is 4.09. The molecule has 0 spiro atoms. The van der Waals surface area contributed by atoms with Crippen LogP contribution in [-0.4, -0.2) is 6.26 Å². The van der Waals surface area contributed by atoms with E-state index in [2.05, 4.69) is 6.58 Å². The number of rotatable bonds is 1. The van der Waals surface area contributed by atoms with E-state index in [0.29, 0.717) is 0 Å². The van der Waals surface area contributed by atoms with E-state index in [4.69, 9.17) is 0 Å². The number of hydrogen-bond acceptors (Lipinski definition) is 1. The van der Waals surface area contributed by atoms with E-state index in [-0.39, 0.29) is 0 Å². The minimum atomic E-state index is 1.17. The van der Waals surface area contributed by atoms with Crippen LogP contribution < -0.4 is 0 Å². The Balaban J connectivity index is 2.85. The summed E-state index contributed by atoms with van der Waals surface area (Å²) in [5.41, 5.74) is 0. The molecule has 0 nitrogen and oxygen atoms in total. The molecule has 0 heterocycles. The molecule has 0 saturated carbocycles. The van der Waals surface area contributed by atoms with Gasteiger partial charge in [0.05, 0.1) is 0 Å². The van der Waals surface area contributed by atoms with Gasteiger partial charge in [0.25, 0.3) is 0 Å². The molecule has 0 unspecified atom stereocenters. The maximum Gasteiger partial charge on any atom is -0.0140 e. The molecule has 0 rings (SSSR count). The van der Waals surface area contributed by atoms with Crippen LogP contribution in [0.15, 0.2) is 11.5 Å². The first kappa shape index (κ1) is 5.09. The van der Waals surface area contributed by atoms with Crippen molar-refractivity contribution in [3.05, 3.63) is 11.5 Å². The number of allylic oxidation sites excluding steroid dienone is 1. The Morgan fingerprint density at radius 3 is 2.00 bits per heavy atom. The van der Waals surface area contributed by atoms with Gasteiger partial charge in [-0.3, -0.25) is 0 Å². The number of thioether (sulfide) groups is 1. The summed E-state index contributed by atoms with van der Waals surface area (Å²) in [5, 5.41) is 0. The molecule has 0 aromatic heterocycles. The van der Waals surface area contributed by atoms with Crippen LogP contribution in [0.2, 0.25) is 0 Å². The van der Waals surface area contributed by atoms with Crippen LogP contribution >= 0.6 is 11.8 Å². The SMILES string of the molecule is C=C(C)SC. The molecule has 1 heteroatoms. The monoisotopic (exact) mass is 88.0 g/mol. The summed E-state index contributed by atoms with van der Waals surface area (Å²) < 4.78 is 0. The van der Waals surface area contributed by atoms with Crippen LogP contribution in [0.25, 0.3) is 0 Å². The molecule has 0 fully saturated rings. The Labute approximate surface area is 37.3 Å². The van der Waals surface area contributed by atoms with Crippen LogP contribution in [0.3, 0.4) is 0 Å².